The van der Waals surface area contributed by atoms with Crippen LogP contribution in [0.25, 0.3) is 0 Å². The molecule has 0 saturated carbocycles. The van der Waals surface area contributed by atoms with E-state index in [9.17, 15) is 17.2 Å². The molecule has 0 atom stereocenters. The molecule has 2 heterocycles. The maximum absolute atomic E-state index is 12.1. The summed E-state index contributed by atoms with van der Waals surface area (Å²) in [5.74, 6) is -1.76. The second kappa shape index (κ2) is 5.44. The van der Waals surface area contributed by atoms with Crippen LogP contribution in [0.15, 0.2) is 0 Å². The monoisotopic (exact) mass is 271 g/mol. The second-order valence-electron chi connectivity index (χ2n) is 3.04. The largest absolute Gasteiger partial charge is 0.273 e. The fraction of sp³-hybridized carbons (Fsp3) is 0.571. The average molecular weight is 272 g/mol. The lowest BCUT2D eigenvalue weighted by Crippen LogP contribution is -1.98. The first-order valence-electron chi connectivity index (χ1n) is 4.32. The Labute approximate surface area is 95.7 Å². The zero-order valence-electron chi connectivity index (χ0n) is 8.03. The number of hydrogen-bond acceptors (Lipinski definition) is 5. The molecule has 1 aromatic heterocycles. The zero-order chi connectivity index (χ0) is 12.2. The maximum atomic E-state index is 12.1. The van der Waals surface area contributed by atoms with Gasteiger partial charge in [0.2, 0.25) is 5.82 Å². The van der Waals surface area contributed by atoms with Crippen molar-refractivity contribution in [2.24, 2.45) is 0 Å². The number of aromatic nitrogens is 3. The van der Waals surface area contributed by atoms with E-state index in [1.165, 1.54) is 0 Å². The van der Waals surface area contributed by atoms with Crippen molar-refractivity contribution >= 4 is 21.4 Å². The summed E-state index contributed by atoms with van der Waals surface area (Å²) in [5, 5.41) is 7.77. The highest BCUT2D eigenvalue weighted by Gasteiger charge is 2.16. The quantitative estimate of drug-likeness (QED) is 0.704. The molecule has 0 aromatic carbocycles. The second-order valence-corrected chi connectivity index (χ2v) is 5.71. The predicted molar refractivity (Wildman–Crippen MR) is 52.6 cm³/mol. The van der Waals surface area contributed by atoms with Crippen LogP contribution in [-0.2, 0) is 9.84 Å². The highest BCUT2D eigenvalue weighted by atomic mass is 35.5. The van der Waals surface area contributed by atoms with Crippen LogP contribution in [0.4, 0.5) is 8.78 Å². The van der Waals surface area contributed by atoms with E-state index >= 15 is 0 Å². The summed E-state index contributed by atoms with van der Waals surface area (Å²) in [6.45, 7) is 0. The zero-order valence-corrected chi connectivity index (χ0v) is 9.60. The first-order chi connectivity index (χ1) is 7.42. The van der Waals surface area contributed by atoms with Crippen LogP contribution in [0, 0.1) is 11.8 Å². The number of sulfone groups is 1. The van der Waals surface area contributed by atoms with E-state index < -0.39 is 26.8 Å². The van der Waals surface area contributed by atoms with Crippen molar-refractivity contribution in [2.45, 2.75) is 12.8 Å². The highest BCUT2D eigenvalue weighted by Crippen LogP contribution is 2.09. The molecule has 0 aliphatic carbocycles. The van der Waals surface area contributed by atoms with Crippen molar-refractivity contribution in [1.29, 1.82) is 0 Å². The van der Waals surface area contributed by atoms with Gasteiger partial charge in [0.05, 0.1) is 11.5 Å². The Morgan fingerprint density at radius 1 is 1.12 bits per heavy atom. The molecule has 0 radical (unpaired) electrons. The van der Waals surface area contributed by atoms with Gasteiger partial charge in [0.15, 0.2) is 5.15 Å². The van der Waals surface area contributed by atoms with Crippen LogP contribution in [0.5, 0.6) is 0 Å². The minimum atomic E-state index is -2.55. The lowest BCUT2D eigenvalue weighted by molar-refractivity contribution is 0.452. The standard InChI is InChI=1S/C4H8O2S.C3ClF2N3/c5-7(6)3-1-2-4-7;4-2-1(5)3(6)8-9-7-2/h1-4H2;. The Balaban J connectivity index is 0.000000165. The normalized spacial score (nSPS) is 17.7. The van der Waals surface area contributed by atoms with E-state index in [4.69, 9.17) is 11.6 Å². The van der Waals surface area contributed by atoms with Gasteiger partial charge in [-0.1, -0.05) is 16.7 Å². The van der Waals surface area contributed by atoms with Crippen LogP contribution in [0.1, 0.15) is 12.8 Å². The molecule has 5 nitrogen and oxygen atoms in total. The minimum absolute atomic E-state index is 0.424. The lowest BCUT2D eigenvalue weighted by Gasteiger charge is -1.87. The van der Waals surface area contributed by atoms with E-state index in [0.29, 0.717) is 11.5 Å². The van der Waals surface area contributed by atoms with E-state index in [1.54, 1.807) is 0 Å². The van der Waals surface area contributed by atoms with E-state index in [2.05, 4.69) is 15.4 Å². The average Bonchev–Trinajstić information content (AvgIpc) is 2.60. The molecule has 0 unspecified atom stereocenters. The predicted octanol–water partition coefficient (Wildman–Crippen LogP) is 0.998. The molecule has 1 aliphatic rings. The molecule has 0 spiro atoms. The highest BCUT2D eigenvalue weighted by molar-refractivity contribution is 7.91. The molecule has 9 heteroatoms. The summed E-state index contributed by atoms with van der Waals surface area (Å²) in [6, 6.07) is 0. The smallest absolute Gasteiger partial charge is 0.229 e. The summed E-state index contributed by atoms with van der Waals surface area (Å²) >= 11 is 4.99. The third-order valence-corrected chi connectivity index (χ3v) is 3.85. The molecule has 16 heavy (non-hydrogen) atoms. The first kappa shape index (κ1) is 13.2. The van der Waals surface area contributed by atoms with Crippen LogP contribution in [0.2, 0.25) is 5.15 Å². The Kier molecular flexibility index (Phi) is 4.48. The fourth-order valence-corrected chi connectivity index (χ4v) is 2.62. The molecule has 0 amide bonds. The third-order valence-electron chi connectivity index (χ3n) is 1.79. The van der Waals surface area contributed by atoms with Crippen LogP contribution >= 0.6 is 11.6 Å². The van der Waals surface area contributed by atoms with Crippen molar-refractivity contribution < 1.29 is 17.2 Å². The van der Waals surface area contributed by atoms with Gasteiger partial charge >= 0.3 is 0 Å². The molecule has 1 aliphatic heterocycles. The lowest BCUT2D eigenvalue weighted by atomic mass is 10.4. The van der Waals surface area contributed by atoms with Crippen LogP contribution in [0.3, 0.4) is 0 Å². The van der Waals surface area contributed by atoms with Gasteiger partial charge in [-0.3, -0.25) is 0 Å². The molecular formula is C7H8ClF2N3O2S. The van der Waals surface area contributed by atoms with Gasteiger partial charge in [-0.2, -0.15) is 8.78 Å². The van der Waals surface area contributed by atoms with Gasteiger partial charge in [-0.05, 0) is 18.1 Å². The van der Waals surface area contributed by atoms with Gasteiger partial charge < -0.3 is 0 Å². The molecule has 1 aromatic rings. The van der Waals surface area contributed by atoms with E-state index in [1.807, 2.05) is 0 Å². The van der Waals surface area contributed by atoms with Gasteiger partial charge in [-0.15, -0.1) is 5.10 Å². The van der Waals surface area contributed by atoms with Gasteiger partial charge in [0.25, 0.3) is 5.95 Å². The molecule has 0 N–H and O–H groups in total. The van der Waals surface area contributed by atoms with Crippen molar-refractivity contribution in [3.63, 3.8) is 0 Å². The first-order valence-corrected chi connectivity index (χ1v) is 6.52. The SMILES string of the molecule is Fc1nnnc(Cl)c1F.O=S1(=O)CCCC1. The Morgan fingerprint density at radius 2 is 1.69 bits per heavy atom. The number of halogens is 3. The topological polar surface area (TPSA) is 72.8 Å². The number of rotatable bonds is 0. The number of hydrogen-bond donors (Lipinski definition) is 0. The summed E-state index contributed by atoms with van der Waals surface area (Å²) in [6.07, 6.45) is 1.75. The number of nitrogens with zero attached hydrogens (tertiary/aromatic N) is 3. The van der Waals surface area contributed by atoms with Crippen LogP contribution < -0.4 is 0 Å². The van der Waals surface area contributed by atoms with Crippen molar-refractivity contribution in [2.75, 3.05) is 11.5 Å². The molecule has 0 bridgehead atoms. The van der Waals surface area contributed by atoms with E-state index in [0.717, 1.165) is 12.8 Å². The Hall–Kier alpha value is -0.890. The summed E-state index contributed by atoms with van der Waals surface area (Å²) in [4.78, 5) is 0. The van der Waals surface area contributed by atoms with Crippen LogP contribution in [-0.4, -0.2) is 35.3 Å². The third kappa shape index (κ3) is 3.93. The van der Waals surface area contributed by atoms with Crippen molar-refractivity contribution in [3.8, 4) is 0 Å². The fourth-order valence-electron chi connectivity index (χ4n) is 1.02. The molecule has 1 fully saturated rings. The molecule has 1 saturated heterocycles. The molecule has 2 rings (SSSR count). The molecule has 90 valence electrons. The van der Waals surface area contributed by atoms with E-state index in [-0.39, 0.29) is 0 Å². The molecular weight excluding hydrogens is 264 g/mol. The van der Waals surface area contributed by atoms with Gasteiger partial charge in [0, 0.05) is 0 Å². The van der Waals surface area contributed by atoms with Crippen molar-refractivity contribution in [3.05, 3.63) is 16.9 Å². The minimum Gasteiger partial charge on any atom is -0.229 e. The van der Waals surface area contributed by atoms with Gasteiger partial charge in [0.1, 0.15) is 9.84 Å². The Bertz CT molecular complexity index is 436. The maximum Gasteiger partial charge on any atom is 0.273 e. The Morgan fingerprint density at radius 3 is 2.00 bits per heavy atom. The summed E-state index contributed by atoms with van der Waals surface area (Å²) < 4.78 is 44.8. The van der Waals surface area contributed by atoms with Gasteiger partial charge in [-0.25, -0.2) is 8.42 Å². The van der Waals surface area contributed by atoms with Crippen molar-refractivity contribution in [1.82, 2.24) is 15.4 Å². The summed E-state index contributed by atoms with van der Waals surface area (Å²) in [5.41, 5.74) is 0. The summed E-state index contributed by atoms with van der Waals surface area (Å²) in [7, 11) is -2.55.